The average Bonchev–Trinajstić information content (AvgIpc) is 2.62. The van der Waals surface area contributed by atoms with Crippen molar-refractivity contribution < 1.29 is 18.7 Å². The molecular formula is C19H19FN2O3. The van der Waals surface area contributed by atoms with E-state index in [1.165, 1.54) is 11.0 Å². The average molecular weight is 342 g/mol. The zero-order chi connectivity index (χ0) is 18.2. The van der Waals surface area contributed by atoms with Gasteiger partial charge in [-0.2, -0.15) is 5.26 Å². The Morgan fingerprint density at radius 1 is 1.20 bits per heavy atom. The SMILES string of the molecule is CCOc1cc(C#N)ccc1OCC(=O)N(C)Cc1ccccc1F. The predicted octanol–water partition coefficient (Wildman–Crippen LogP) is 3.13. The molecule has 0 aliphatic carbocycles. The monoisotopic (exact) mass is 342 g/mol. The van der Waals surface area contributed by atoms with Gasteiger partial charge in [-0.15, -0.1) is 0 Å². The minimum absolute atomic E-state index is 0.153. The number of carbonyl (C=O) groups excluding carboxylic acids is 1. The molecule has 0 N–H and O–H groups in total. The predicted molar refractivity (Wildman–Crippen MR) is 90.7 cm³/mol. The van der Waals surface area contributed by atoms with E-state index in [0.29, 0.717) is 29.2 Å². The second-order valence-electron chi connectivity index (χ2n) is 5.34. The molecule has 0 saturated heterocycles. The van der Waals surface area contributed by atoms with Crippen molar-refractivity contribution in [2.24, 2.45) is 0 Å². The van der Waals surface area contributed by atoms with E-state index < -0.39 is 0 Å². The van der Waals surface area contributed by atoms with E-state index in [-0.39, 0.29) is 24.9 Å². The van der Waals surface area contributed by atoms with Crippen molar-refractivity contribution in [3.05, 3.63) is 59.4 Å². The summed E-state index contributed by atoms with van der Waals surface area (Å²) >= 11 is 0. The molecule has 25 heavy (non-hydrogen) atoms. The molecular weight excluding hydrogens is 323 g/mol. The van der Waals surface area contributed by atoms with Crippen LogP contribution in [0.1, 0.15) is 18.1 Å². The van der Waals surface area contributed by atoms with Crippen LogP contribution >= 0.6 is 0 Å². The molecule has 0 spiro atoms. The van der Waals surface area contributed by atoms with Gasteiger partial charge in [0.25, 0.3) is 5.91 Å². The zero-order valence-corrected chi connectivity index (χ0v) is 14.2. The van der Waals surface area contributed by atoms with Gasteiger partial charge in [0.1, 0.15) is 5.82 Å². The molecule has 1 amide bonds. The number of carbonyl (C=O) groups is 1. The minimum Gasteiger partial charge on any atom is -0.490 e. The number of hydrogen-bond acceptors (Lipinski definition) is 4. The standard InChI is InChI=1S/C19H19FN2O3/c1-3-24-18-10-14(11-21)8-9-17(18)25-13-19(23)22(2)12-15-6-4-5-7-16(15)20/h4-10H,3,12-13H2,1-2H3. The maximum atomic E-state index is 13.7. The molecule has 0 bridgehead atoms. The quantitative estimate of drug-likeness (QED) is 0.775. The number of likely N-dealkylation sites (N-methyl/N-ethyl adjacent to an activating group) is 1. The van der Waals surface area contributed by atoms with E-state index in [2.05, 4.69) is 0 Å². The maximum absolute atomic E-state index is 13.7. The van der Waals surface area contributed by atoms with Gasteiger partial charge in [-0.25, -0.2) is 4.39 Å². The fourth-order valence-corrected chi connectivity index (χ4v) is 2.19. The smallest absolute Gasteiger partial charge is 0.260 e. The Morgan fingerprint density at radius 3 is 2.64 bits per heavy atom. The fraction of sp³-hybridized carbons (Fsp3) is 0.263. The molecule has 2 aromatic carbocycles. The van der Waals surface area contributed by atoms with Crippen molar-refractivity contribution >= 4 is 5.91 Å². The molecule has 0 fully saturated rings. The van der Waals surface area contributed by atoms with Gasteiger partial charge in [0.05, 0.1) is 18.2 Å². The first-order valence-electron chi connectivity index (χ1n) is 7.82. The Hall–Kier alpha value is -3.07. The van der Waals surface area contributed by atoms with Crippen molar-refractivity contribution in [1.29, 1.82) is 5.26 Å². The van der Waals surface area contributed by atoms with Crippen molar-refractivity contribution in [2.75, 3.05) is 20.3 Å². The van der Waals surface area contributed by atoms with Gasteiger partial charge in [0, 0.05) is 25.2 Å². The Bertz CT molecular complexity index is 786. The topological polar surface area (TPSA) is 62.6 Å². The third-order valence-corrected chi connectivity index (χ3v) is 3.51. The third-order valence-electron chi connectivity index (χ3n) is 3.51. The second kappa shape index (κ2) is 8.69. The molecule has 5 nitrogen and oxygen atoms in total. The maximum Gasteiger partial charge on any atom is 0.260 e. The van der Waals surface area contributed by atoms with Crippen LogP contribution in [0.4, 0.5) is 4.39 Å². The summed E-state index contributed by atoms with van der Waals surface area (Å²) in [4.78, 5) is 13.6. The Kier molecular flexibility index (Phi) is 6.35. The van der Waals surface area contributed by atoms with E-state index >= 15 is 0 Å². The fourth-order valence-electron chi connectivity index (χ4n) is 2.19. The second-order valence-corrected chi connectivity index (χ2v) is 5.34. The molecule has 0 saturated carbocycles. The zero-order valence-electron chi connectivity index (χ0n) is 14.2. The summed E-state index contributed by atoms with van der Waals surface area (Å²) in [6.07, 6.45) is 0. The van der Waals surface area contributed by atoms with Crippen LogP contribution in [-0.4, -0.2) is 31.1 Å². The molecule has 0 aromatic heterocycles. The van der Waals surface area contributed by atoms with Crippen molar-refractivity contribution in [3.63, 3.8) is 0 Å². The van der Waals surface area contributed by atoms with Gasteiger partial charge in [-0.3, -0.25) is 4.79 Å². The number of amides is 1. The molecule has 0 unspecified atom stereocenters. The van der Waals surface area contributed by atoms with Crippen LogP contribution in [-0.2, 0) is 11.3 Å². The highest BCUT2D eigenvalue weighted by atomic mass is 19.1. The van der Waals surface area contributed by atoms with Crippen molar-refractivity contribution in [3.8, 4) is 17.6 Å². The summed E-state index contributed by atoms with van der Waals surface area (Å²) in [5.74, 6) is 0.142. The van der Waals surface area contributed by atoms with Crippen LogP contribution in [0.25, 0.3) is 0 Å². The molecule has 130 valence electrons. The molecule has 2 aromatic rings. The highest BCUT2D eigenvalue weighted by Crippen LogP contribution is 2.28. The first kappa shape index (κ1) is 18.3. The van der Waals surface area contributed by atoms with Crippen LogP contribution in [0.5, 0.6) is 11.5 Å². The Morgan fingerprint density at radius 2 is 1.96 bits per heavy atom. The van der Waals surface area contributed by atoms with Gasteiger partial charge >= 0.3 is 0 Å². The number of rotatable bonds is 7. The summed E-state index contributed by atoms with van der Waals surface area (Å²) in [6.45, 7) is 2.17. The van der Waals surface area contributed by atoms with E-state index in [1.807, 2.05) is 13.0 Å². The first-order chi connectivity index (χ1) is 12.0. The summed E-state index contributed by atoms with van der Waals surface area (Å²) in [6, 6.07) is 13.1. The summed E-state index contributed by atoms with van der Waals surface area (Å²) in [7, 11) is 1.58. The minimum atomic E-state index is -0.353. The van der Waals surface area contributed by atoms with Gasteiger partial charge < -0.3 is 14.4 Å². The van der Waals surface area contributed by atoms with E-state index in [4.69, 9.17) is 14.7 Å². The van der Waals surface area contributed by atoms with Crippen LogP contribution in [0, 0.1) is 17.1 Å². The van der Waals surface area contributed by atoms with Crippen LogP contribution < -0.4 is 9.47 Å². The number of ether oxygens (including phenoxy) is 2. The molecule has 2 rings (SSSR count). The molecule has 0 heterocycles. The van der Waals surface area contributed by atoms with Gasteiger partial charge in [-0.1, -0.05) is 18.2 Å². The van der Waals surface area contributed by atoms with Crippen LogP contribution in [0.2, 0.25) is 0 Å². The lowest BCUT2D eigenvalue weighted by atomic mass is 10.2. The lowest BCUT2D eigenvalue weighted by Gasteiger charge is -2.18. The van der Waals surface area contributed by atoms with E-state index in [0.717, 1.165) is 0 Å². The molecule has 0 aliphatic rings. The number of halogens is 1. The van der Waals surface area contributed by atoms with Gasteiger partial charge in [0.15, 0.2) is 18.1 Å². The number of benzene rings is 2. The molecule has 0 aliphatic heterocycles. The lowest BCUT2D eigenvalue weighted by Crippen LogP contribution is -2.31. The lowest BCUT2D eigenvalue weighted by molar-refractivity contribution is -0.132. The van der Waals surface area contributed by atoms with Crippen LogP contribution in [0.3, 0.4) is 0 Å². The highest BCUT2D eigenvalue weighted by Gasteiger charge is 2.14. The summed E-state index contributed by atoms with van der Waals surface area (Å²) in [5, 5.41) is 8.94. The molecule has 0 radical (unpaired) electrons. The van der Waals surface area contributed by atoms with E-state index in [1.54, 1.807) is 43.4 Å². The molecule has 0 atom stereocenters. The van der Waals surface area contributed by atoms with Crippen molar-refractivity contribution in [1.82, 2.24) is 4.90 Å². The summed E-state index contributed by atoms with van der Waals surface area (Å²) < 4.78 is 24.6. The number of hydrogen-bond donors (Lipinski definition) is 0. The van der Waals surface area contributed by atoms with E-state index in [9.17, 15) is 9.18 Å². The highest BCUT2D eigenvalue weighted by molar-refractivity contribution is 5.77. The molecule has 6 heteroatoms. The summed E-state index contributed by atoms with van der Waals surface area (Å²) in [5.41, 5.74) is 0.880. The number of nitrogens with zero attached hydrogens (tertiary/aromatic N) is 2. The van der Waals surface area contributed by atoms with Crippen molar-refractivity contribution in [2.45, 2.75) is 13.5 Å². The normalized spacial score (nSPS) is 10.0. The number of nitriles is 1. The van der Waals surface area contributed by atoms with Gasteiger partial charge in [0.2, 0.25) is 0 Å². The van der Waals surface area contributed by atoms with Crippen LogP contribution in [0.15, 0.2) is 42.5 Å². The largest absolute Gasteiger partial charge is 0.490 e. The Balaban J connectivity index is 1.99. The first-order valence-corrected chi connectivity index (χ1v) is 7.82. The Labute approximate surface area is 146 Å². The van der Waals surface area contributed by atoms with Gasteiger partial charge in [-0.05, 0) is 25.1 Å². The third kappa shape index (κ3) is 4.95.